The Labute approximate surface area is 183 Å². The smallest absolute Gasteiger partial charge is 0.272 e. The summed E-state index contributed by atoms with van der Waals surface area (Å²) in [7, 11) is 1.59. The van der Waals surface area contributed by atoms with Crippen LogP contribution in [0.1, 0.15) is 29.2 Å². The van der Waals surface area contributed by atoms with E-state index < -0.39 is 5.92 Å². The summed E-state index contributed by atoms with van der Waals surface area (Å²) >= 11 is 0. The maximum atomic E-state index is 14.6. The van der Waals surface area contributed by atoms with Gasteiger partial charge in [0.25, 0.3) is 5.95 Å². The molecule has 1 aliphatic heterocycles. The van der Waals surface area contributed by atoms with E-state index in [2.05, 4.69) is 25.6 Å². The van der Waals surface area contributed by atoms with Gasteiger partial charge >= 0.3 is 0 Å². The van der Waals surface area contributed by atoms with Gasteiger partial charge in [0, 0.05) is 23.5 Å². The summed E-state index contributed by atoms with van der Waals surface area (Å²) in [5, 5.41) is 15.6. The van der Waals surface area contributed by atoms with Gasteiger partial charge in [-0.3, -0.25) is 4.79 Å². The number of fused-ring (bicyclic) bond motifs is 1. The van der Waals surface area contributed by atoms with Crippen LogP contribution in [0, 0.1) is 12.7 Å². The molecule has 0 fully saturated rings. The minimum atomic E-state index is -0.455. The quantitative estimate of drug-likeness (QED) is 0.531. The van der Waals surface area contributed by atoms with E-state index in [0.717, 1.165) is 11.1 Å². The fraction of sp³-hybridized carbons (Fsp3) is 0.174. The second kappa shape index (κ2) is 7.84. The molecule has 0 bridgehead atoms. The van der Waals surface area contributed by atoms with Crippen molar-refractivity contribution in [1.29, 1.82) is 0 Å². The molecule has 0 aliphatic carbocycles. The van der Waals surface area contributed by atoms with Gasteiger partial charge in [0.05, 0.1) is 24.7 Å². The third kappa shape index (κ3) is 3.37. The number of aryl methyl sites for hydroxylation is 1. The van der Waals surface area contributed by atoms with Crippen molar-refractivity contribution in [3.63, 3.8) is 0 Å². The molecule has 1 atom stereocenters. The van der Waals surface area contributed by atoms with Crippen LogP contribution in [-0.2, 0) is 4.79 Å². The average molecular weight is 430 g/mol. The molecule has 3 heterocycles. The summed E-state index contributed by atoms with van der Waals surface area (Å²) in [5.74, 6) is 0.269. The van der Waals surface area contributed by atoms with Gasteiger partial charge in [-0.15, -0.1) is 5.10 Å². The van der Waals surface area contributed by atoms with Crippen molar-refractivity contribution < 1.29 is 13.9 Å². The number of anilines is 1. The highest BCUT2D eigenvalue weighted by Gasteiger charge is 2.34. The normalized spacial score (nSPS) is 15.2. The van der Waals surface area contributed by atoms with Gasteiger partial charge in [0.2, 0.25) is 5.91 Å². The maximum Gasteiger partial charge on any atom is 0.272 e. The molecule has 2 aromatic carbocycles. The predicted molar refractivity (Wildman–Crippen MR) is 115 cm³/mol. The zero-order chi connectivity index (χ0) is 22.2. The minimum absolute atomic E-state index is 0.128. The fourth-order valence-electron chi connectivity index (χ4n) is 4.02. The van der Waals surface area contributed by atoms with Crippen LogP contribution in [0.2, 0.25) is 0 Å². The van der Waals surface area contributed by atoms with Crippen molar-refractivity contribution in [1.82, 2.24) is 25.0 Å². The Morgan fingerprint density at radius 1 is 1.19 bits per heavy atom. The lowest BCUT2D eigenvalue weighted by molar-refractivity contribution is -0.116. The number of carbonyl (C=O) groups is 1. The standard InChI is InChI=1S/C23H19FN6O2/c1-13-21-17(16-8-3-4-9-18(16)24)11-20(31)27-22(21)30(29-13)23-26-19(12-25-28-23)14-6-5-7-15(10-14)32-2/h3-10,12,17H,11H2,1-2H3,(H,27,31). The van der Waals surface area contributed by atoms with E-state index in [4.69, 9.17) is 4.74 Å². The Kier molecular flexibility index (Phi) is 4.85. The summed E-state index contributed by atoms with van der Waals surface area (Å²) in [6, 6.07) is 13.9. The zero-order valence-corrected chi connectivity index (χ0v) is 17.4. The highest BCUT2D eigenvalue weighted by Crippen LogP contribution is 2.40. The van der Waals surface area contributed by atoms with Crippen molar-refractivity contribution in [3.05, 3.63) is 77.4 Å². The number of rotatable bonds is 4. The summed E-state index contributed by atoms with van der Waals surface area (Å²) in [5.41, 5.74) is 3.22. The molecule has 1 N–H and O–H groups in total. The van der Waals surface area contributed by atoms with Crippen LogP contribution in [0.4, 0.5) is 10.2 Å². The molecule has 160 valence electrons. The van der Waals surface area contributed by atoms with Gasteiger partial charge in [-0.05, 0) is 30.7 Å². The molecule has 9 heteroatoms. The van der Waals surface area contributed by atoms with Gasteiger partial charge in [-0.1, -0.05) is 30.3 Å². The monoisotopic (exact) mass is 430 g/mol. The van der Waals surface area contributed by atoms with Gasteiger partial charge in [-0.2, -0.15) is 14.9 Å². The second-order valence-electron chi connectivity index (χ2n) is 7.46. The van der Waals surface area contributed by atoms with Crippen molar-refractivity contribution in [2.75, 3.05) is 12.4 Å². The molecule has 1 amide bonds. The molecule has 0 spiro atoms. The Bertz CT molecular complexity index is 1340. The summed E-state index contributed by atoms with van der Waals surface area (Å²) in [4.78, 5) is 17.1. The molecule has 32 heavy (non-hydrogen) atoms. The lowest BCUT2D eigenvalue weighted by Gasteiger charge is -2.24. The molecule has 0 radical (unpaired) electrons. The van der Waals surface area contributed by atoms with E-state index in [-0.39, 0.29) is 24.1 Å². The van der Waals surface area contributed by atoms with E-state index in [1.165, 1.54) is 10.7 Å². The number of halogens is 1. The Morgan fingerprint density at radius 2 is 2.03 bits per heavy atom. The molecule has 4 aromatic rings. The van der Waals surface area contributed by atoms with Crippen LogP contribution in [0.3, 0.4) is 0 Å². The highest BCUT2D eigenvalue weighted by molar-refractivity contribution is 5.95. The first-order valence-electron chi connectivity index (χ1n) is 10.0. The Hall–Kier alpha value is -4.14. The SMILES string of the molecule is COc1cccc(-c2cnnc(-n3nc(C)c4c3NC(=O)CC4c3ccccc3F)n2)c1. The summed E-state index contributed by atoms with van der Waals surface area (Å²) < 4.78 is 21.3. The third-order valence-corrected chi connectivity index (χ3v) is 5.49. The molecule has 8 nitrogen and oxygen atoms in total. The van der Waals surface area contributed by atoms with Gasteiger partial charge in [0.1, 0.15) is 17.4 Å². The van der Waals surface area contributed by atoms with E-state index >= 15 is 0 Å². The molecular weight excluding hydrogens is 411 g/mol. The van der Waals surface area contributed by atoms with Crippen molar-refractivity contribution in [2.24, 2.45) is 0 Å². The summed E-state index contributed by atoms with van der Waals surface area (Å²) in [6.07, 6.45) is 1.67. The molecule has 1 unspecified atom stereocenters. The van der Waals surface area contributed by atoms with Crippen molar-refractivity contribution >= 4 is 11.7 Å². The number of carbonyl (C=O) groups excluding carboxylic acids is 1. The second-order valence-corrected chi connectivity index (χ2v) is 7.46. The number of methoxy groups -OCH3 is 1. The minimum Gasteiger partial charge on any atom is -0.497 e. The van der Waals surface area contributed by atoms with Crippen LogP contribution >= 0.6 is 0 Å². The number of hydrogen-bond acceptors (Lipinski definition) is 6. The third-order valence-electron chi connectivity index (χ3n) is 5.49. The van der Waals surface area contributed by atoms with Crippen LogP contribution < -0.4 is 10.1 Å². The molecule has 2 aromatic heterocycles. The van der Waals surface area contributed by atoms with Gasteiger partial charge < -0.3 is 10.1 Å². The van der Waals surface area contributed by atoms with Gasteiger partial charge in [0.15, 0.2) is 0 Å². The van der Waals surface area contributed by atoms with E-state index in [1.54, 1.807) is 31.5 Å². The number of nitrogens with zero attached hydrogens (tertiary/aromatic N) is 5. The van der Waals surface area contributed by atoms with Gasteiger partial charge in [-0.25, -0.2) is 9.37 Å². The summed E-state index contributed by atoms with van der Waals surface area (Å²) in [6.45, 7) is 1.82. The lowest BCUT2D eigenvalue weighted by Crippen LogP contribution is -2.25. The Balaban J connectivity index is 1.62. The van der Waals surface area contributed by atoms with Crippen LogP contribution in [-0.4, -0.2) is 38.0 Å². The Morgan fingerprint density at radius 3 is 2.84 bits per heavy atom. The van der Waals surface area contributed by atoms with E-state index in [1.807, 2.05) is 31.2 Å². The number of aromatic nitrogens is 5. The van der Waals surface area contributed by atoms with Crippen molar-refractivity contribution in [3.8, 4) is 23.0 Å². The number of benzene rings is 2. The molecule has 0 saturated heterocycles. The first-order chi connectivity index (χ1) is 15.5. The highest BCUT2D eigenvalue weighted by atomic mass is 19.1. The van der Waals surface area contributed by atoms with Crippen LogP contribution in [0.5, 0.6) is 5.75 Å². The van der Waals surface area contributed by atoms with Crippen LogP contribution in [0.25, 0.3) is 17.2 Å². The molecule has 0 saturated carbocycles. The average Bonchev–Trinajstić information content (AvgIpc) is 3.15. The molecule has 1 aliphatic rings. The largest absolute Gasteiger partial charge is 0.497 e. The van der Waals surface area contributed by atoms with E-state index in [9.17, 15) is 9.18 Å². The number of nitrogens with one attached hydrogen (secondary N) is 1. The first kappa shape index (κ1) is 19.8. The number of hydrogen-bond donors (Lipinski definition) is 1. The first-order valence-corrected chi connectivity index (χ1v) is 10.0. The molecule has 5 rings (SSSR count). The lowest BCUT2D eigenvalue weighted by atomic mass is 9.85. The predicted octanol–water partition coefficient (Wildman–Crippen LogP) is 3.65. The van der Waals surface area contributed by atoms with Crippen molar-refractivity contribution in [2.45, 2.75) is 19.3 Å². The number of amides is 1. The molecular formula is C23H19FN6O2. The zero-order valence-electron chi connectivity index (χ0n) is 17.4. The van der Waals surface area contributed by atoms with Crippen LogP contribution in [0.15, 0.2) is 54.7 Å². The van der Waals surface area contributed by atoms with E-state index in [0.29, 0.717) is 28.5 Å². The number of ether oxygens (including phenoxy) is 1. The fourth-order valence-corrected chi connectivity index (χ4v) is 4.02. The maximum absolute atomic E-state index is 14.6. The topological polar surface area (TPSA) is 94.8 Å².